The van der Waals surface area contributed by atoms with E-state index in [9.17, 15) is 9.18 Å². The van der Waals surface area contributed by atoms with E-state index >= 15 is 0 Å². The standard InChI is InChI=1S/C7H9FN2O/c8-7-4-6(11)3-5(10-7)1-2-9/h3-4H,1-2,9H2,(H,10,11). The molecule has 11 heavy (non-hydrogen) atoms. The average Bonchev–Trinajstić information content (AvgIpc) is 1.85. The zero-order valence-electron chi connectivity index (χ0n) is 5.93. The highest BCUT2D eigenvalue weighted by atomic mass is 19.1. The number of H-pyrrole nitrogens is 1. The van der Waals surface area contributed by atoms with Crippen molar-refractivity contribution < 1.29 is 4.39 Å². The molecular weight excluding hydrogens is 147 g/mol. The topological polar surface area (TPSA) is 58.9 Å². The Bertz CT molecular complexity index is 295. The summed E-state index contributed by atoms with van der Waals surface area (Å²) >= 11 is 0. The monoisotopic (exact) mass is 156 g/mol. The average molecular weight is 156 g/mol. The lowest BCUT2D eigenvalue weighted by Crippen LogP contribution is -2.09. The summed E-state index contributed by atoms with van der Waals surface area (Å²) in [7, 11) is 0. The normalized spacial score (nSPS) is 10.0. The SMILES string of the molecule is NCCc1cc(=O)cc(F)[nH]1. The Labute approximate surface area is 63.0 Å². The highest BCUT2D eigenvalue weighted by Crippen LogP contribution is 1.92. The molecule has 0 unspecified atom stereocenters. The highest BCUT2D eigenvalue weighted by molar-refractivity contribution is 5.05. The quantitative estimate of drug-likeness (QED) is 0.593. The van der Waals surface area contributed by atoms with Gasteiger partial charge in [0.25, 0.3) is 0 Å². The van der Waals surface area contributed by atoms with E-state index in [0.29, 0.717) is 18.7 Å². The van der Waals surface area contributed by atoms with Crippen molar-refractivity contribution in [3.8, 4) is 0 Å². The smallest absolute Gasteiger partial charge is 0.195 e. The molecule has 3 N–H and O–H groups in total. The zero-order valence-corrected chi connectivity index (χ0v) is 5.93. The number of hydrogen-bond donors (Lipinski definition) is 2. The van der Waals surface area contributed by atoms with Gasteiger partial charge in [0.1, 0.15) is 0 Å². The third kappa shape index (κ3) is 2.16. The molecule has 3 nitrogen and oxygen atoms in total. The second-order valence-electron chi connectivity index (χ2n) is 2.23. The molecule has 1 aromatic rings. The van der Waals surface area contributed by atoms with Gasteiger partial charge in [-0.2, -0.15) is 4.39 Å². The molecule has 0 fully saturated rings. The van der Waals surface area contributed by atoms with Crippen molar-refractivity contribution in [1.82, 2.24) is 4.98 Å². The number of nitrogens with two attached hydrogens (primary N) is 1. The number of aromatic amines is 1. The van der Waals surface area contributed by atoms with E-state index in [4.69, 9.17) is 5.73 Å². The zero-order chi connectivity index (χ0) is 8.27. The third-order valence-corrected chi connectivity index (χ3v) is 1.28. The molecule has 4 heteroatoms. The van der Waals surface area contributed by atoms with E-state index in [1.165, 1.54) is 6.07 Å². The van der Waals surface area contributed by atoms with Gasteiger partial charge >= 0.3 is 0 Å². The lowest BCUT2D eigenvalue weighted by atomic mass is 10.3. The van der Waals surface area contributed by atoms with Crippen LogP contribution in [0.25, 0.3) is 0 Å². The van der Waals surface area contributed by atoms with Crippen LogP contribution in [0.3, 0.4) is 0 Å². The number of nitrogens with one attached hydrogen (secondary N) is 1. The summed E-state index contributed by atoms with van der Waals surface area (Å²) in [6.45, 7) is 0.402. The first-order valence-electron chi connectivity index (χ1n) is 3.31. The van der Waals surface area contributed by atoms with Crippen LogP contribution < -0.4 is 11.2 Å². The second-order valence-corrected chi connectivity index (χ2v) is 2.23. The van der Waals surface area contributed by atoms with E-state index in [0.717, 1.165) is 6.07 Å². The Hall–Kier alpha value is -1.16. The maximum atomic E-state index is 12.5. The molecule has 0 aliphatic rings. The van der Waals surface area contributed by atoms with Gasteiger partial charge in [-0.05, 0) is 13.0 Å². The van der Waals surface area contributed by atoms with Crippen LogP contribution in [0, 0.1) is 5.95 Å². The van der Waals surface area contributed by atoms with Gasteiger partial charge in [0, 0.05) is 17.8 Å². The summed E-state index contributed by atoms with van der Waals surface area (Å²) in [5.74, 6) is -0.610. The summed E-state index contributed by atoms with van der Waals surface area (Å²) in [6, 6.07) is 2.25. The van der Waals surface area contributed by atoms with Crippen molar-refractivity contribution >= 4 is 0 Å². The minimum Gasteiger partial charge on any atom is -0.335 e. The van der Waals surface area contributed by atoms with Crippen molar-refractivity contribution in [1.29, 1.82) is 0 Å². The molecule has 0 amide bonds. The van der Waals surface area contributed by atoms with Gasteiger partial charge in [0.05, 0.1) is 0 Å². The molecule has 0 atom stereocenters. The van der Waals surface area contributed by atoms with Gasteiger partial charge in [-0.25, -0.2) is 0 Å². The first-order chi connectivity index (χ1) is 5.22. The van der Waals surface area contributed by atoms with Gasteiger partial charge in [0.15, 0.2) is 11.4 Å². The molecule has 0 saturated heterocycles. The number of aromatic nitrogens is 1. The predicted molar refractivity (Wildman–Crippen MR) is 39.8 cm³/mol. The second kappa shape index (κ2) is 3.30. The number of halogens is 1. The van der Waals surface area contributed by atoms with Crippen molar-refractivity contribution in [2.75, 3.05) is 6.54 Å². The number of hydrogen-bond acceptors (Lipinski definition) is 2. The van der Waals surface area contributed by atoms with Crippen LogP contribution in [-0.2, 0) is 6.42 Å². The molecule has 1 rings (SSSR count). The van der Waals surface area contributed by atoms with Gasteiger partial charge in [-0.1, -0.05) is 0 Å². The fourth-order valence-electron chi connectivity index (χ4n) is 0.854. The fourth-order valence-corrected chi connectivity index (χ4v) is 0.854. The molecule has 0 aliphatic carbocycles. The van der Waals surface area contributed by atoms with E-state index in [-0.39, 0.29) is 5.43 Å². The van der Waals surface area contributed by atoms with Crippen LogP contribution in [0.1, 0.15) is 5.69 Å². The summed E-state index contributed by atoms with van der Waals surface area (Å²) in [5, 5.41) is 0. The number of rotatable bonds is 2. The molecule has 0 spiro atoms. The fraction of sp³-hybridized carbons (Fsp3) is 0.286. The van der Waals surface area contributed by atoms with E-state index in [1.54, 1.807) is 0 Å². The number of pyridine rings is 1. The maximum Gasteiger partial charge on any atom is 0.195 e. The van der Waals surface area contributed by atoms with Crippen LogP contribution in [-0.4, -0.2) is 11.5 Å². The van der Waals surface area contributed by atoms with Crippen LogP contribution in [0.15, 0.2) is 16.9 Å². The molecule has 0 saturated carbocycles. The van der Waals surface area contributed by atoms with Crippen LogP contribution in [0.4, 0.5) is 4.39 Å². The Balaban J connectivity index is 2.99. The molecular formula is C7H9FN2O. The van der Waals surface area contributed by atoms with Gasteiger partial charge in [-0.15, -0.1) is 0 Å². The summed E-state index contributed by atoms with van der Waals surface area (Å²) in [4.78, 5) is 13.1. The van der Waals surface area contributed by atoms with Crippen LogP contribution in [0.5, 0.6) is 0 Å². The Morgan fingerprint density at radius 1 is 1.55 bits per heavy atom. The van der Waals surface area contributed by atoms with E-state index < -0.39 is 5.95 Å². The van der Waals surface area contributed by atoms with Crippen molar-refractivity contribution in [2.45, 2.75) is 6.42 Å². The molecule has 0 aliphatic heterocycles. The van der Waals surface area contributed by atoms with Crippen LogP contribution >= 0.6 is 0 Å². The molecule has 0 aromatic carbocycles. The lowest BCUT2D eigenvalue weighted by molar-refractivity contribution is 0.575. The van der Waals surface area contributed by atoms with E-state index in [1.807, 2.05) is 0 Å². The summed E-state index contributed by atoms with van der Waals surface area (Å²) < 4.78 is 12.5. The van der Waals surface area contributed by atoms with Crippen molar-refractivity contribution in [2.24, 2.45) is 5.73 Å². The molecule has 0 radical (unpaired) electrons. The third-order valence-electron chi connectivity index (χ3n) is 1.28. The summed E-state index contributed by atoms with van der Waals surface area (Å²) in [5.41, 5.74) is 5.43. The largest absolute Gasteiger partial charge is 0.335 e. The highest BCUT2D eigenvalue weighted by Gasteiger charge is 1.95. The maximum absolute atomic E-state index is 12.5. The molecule has 0 bridgehead atoms. The Kier molecular flexibility index (Phi) is 2.38. The van der Waals surface area contributed by atoms with Gasteiger partial charge in [0.2, 0.25) is 0 Å². The lowest BCUT2D eigenvalue weighted by Gasteiger charge is -1.97. The van der Waals surface area contributed by atoms with Crippen LogP contribution in [0.2, 0.25) is 0 Å². The Morgan fingerprint density at radius 2 is 2.27 bits per heavy atom. The minimum atomic E-state index is -0.610. The Morgan fingerprint density at radius 3 is 2.82 bits per heavy atom. The first-order valence-corrected chi connectivity index (χ1v) is 3.31. The van der Waals surface area contributed by atoms with Crippen molar-refractivity contribution in [3.05, 3.63) is 34.0 Å². The molecule has 1 heterocycles. The van der Waals surface area contributed by atoms with E-state index in [2.05, 4.69) is 4.98 Å². The summed E-state index contributed by atoms with van der Waals surface area (Å²) in [6.07, 6.45) is 0.493. The first kappa shape index (κ1) is 7.94. The minimum absolute atomic E-state index is 0.329. The van der Waals surface area contributed by atoms with Gasteiger partial charge in [-0.3, -0.25) is 4.79 Å². The predicted octanol–water partition coefficient (Wildman–Crippen LogP) is 0.0152. The molecule has 60 valence electrons. The van der Waals surface area contributed by atoms with Gasteiger partial charge < -0.3 is 10.7 Å². The van der Waals surface area contributed by atoms with Crippen molar-refractivity contribution in [3.63, 3.8) is 0 Å². The molecule has 1 aromatic heterocycles.